The van der Waals surface area contributed by atoms with Crippen LogP contribution in [0, 0.1) is 0 Å². The number of carbonyl (C=O) groups is 2. The van der Waals surface area contributed by atoms with E-state index in [2.05, 4.69) is 10.4 Å². The summed E-state index contributed by atoms with van der Waals surface area (Å²) < 4.78 is 1.82. The molecule has 1 amide bonds. The summed E-state index contributed by atoms with van der Waals surface area (Å²) in [5.74, 6) is -1.07. The number of hydrogen-bond acceptors (Lipinski definition) is 3. The number of carboxylic acids is 1. The largest absolute Gasteiger partial charge is 0.481 e. The summed E-state index contributed by atoms with van der Waals surface area (Å²) in [6.45, 7) is 0. The van der Waals surface area contributed by atoms with Gasteiger partial charge in [-0.15, -0.1) is 0 Å². The number of carboxylic acid groups (broad SMARTS) is 1. The van der Waals surface area contributed by atoms with E-state index in [-0.39, 0.29) is 12.3 Å². The SMILES string of the molecule is O=C(O)Cc1ccc(NC(=O)c2ccnn2C2CCCC2)cc1. The number of nitrogens with one attached hydrogen (secondary N) is 1. The summed E-state index contributed by atoms with van der Waals surface area (Å²) in [7, 11) is 0. The number of carbonyl (C=O) groups excluding carboxylic acids is 1. The molecule has 0 bridgehead atoms. The zero-order chi connectivity index (χ0) is 16.2. The highest BCUT2D eigenvalue weighted by Gasteiger charge is 2.22. The van der Waals surface area contributed by atoms with Crippen LogP contribution in [0.3, 0.4) is 0 Å². The predicted molar refractivity (Wildman–Crippen MR) is 85.5 cm³/mol. The van der Waals surface area contributed by atoms with E-state index >= 15 is 0 Å². The molecular weight excluding hydrogens is 294 g/mol. The Bertz CT molecular complexity index is 700. The smallest absolute Gasteiger partial charge is 0.307 e. The molecule has 1 aliphatic carbocycles. The summed E-state index contributed by atoms with van der Waals surface area (Å²) in [4.78, 5) is 23.1. The van der Waals surface area contributed by atoms with Crippen molar-refractivity contribution >= 4 is 17.6 Å². The molecule has 0 radical (unpaired) electrons. The fourth-order valence-corrected chi connectivity index (χ4v) is 3.01. The first kappa shape index (κ1) is 15.3. The van der Waals surface area contributed by atoms with Gasteiger partial charge in [0, 0.05) is 11.9 Å². The van der Waals surface area contributed by atoms with Crippen molar-refractivity contribution in [1.82, 2.24) is 9.78 Å². The number of aliphatic carboxylic acids is 1. The quantitative estimate of drug-likeness (QED) is 0.889. The Morgan fingerprint density at radius 3 is 2.52 bits per heavy atom. The molecule has 1 aromatic heterocycles. The number of amides is 1. The molecule has 23 heavy (non-hydrogen) atoms. The second kappa shape index (κ2) is 6.64. The lowest BCUT2D eigenvalue weighted by Crippen LogP contribution is -2.20. The monoisotopic (exact) mass is 313 g/mol. The Kier molecular flexibility index (Phi) is 4.41. The van der Waals surface area contributed by atoms with Crippen molar-refractivity contribution in [2.75, 3.05) is 5.32 Å². The van der Waals surface area contributed by atoms with Crippen LogP contribution in [-0.4, -0.2) is 26.8 Å². The van der Waals surface area contributed by atoms with Crippen molar-refractivity contribution in [2.24, 2.45) is 0 Å². The normalized spacial score (nSPS) is 14.8. The Labute approximate surface area is 134 Å². The van der Waals surface area contributed by atoms with E-state index in [1.807, 2.05) is 4.68 Å². The van der Waals surface area contributed by atoms with Crippen molar-refractivity contribution in [3.63, 3.8) is 0 Å². The Hall–Kier alpha value is -2.63. The molecule has 0 saturated heterocycles. The van der Waals surface area contributed by atoms with E-state index in [9.17, 15) is 9.59 Å². The minimum atomic E-state index is -0.873. The minimum absolute atomic E-state index is 0.0251. The van der Waals surface area contributed by atoms with Crippen molar-refractivity contribution in [3.8, 4) is 0 Å². The molecule has 2 aromatic rings. The molecule has 1 saturated carbocycles. The first-order valence-electron chi connectivity index (χ1n) is 7.79. The lowest BCUT2D eigenvalue weighted by atomic mass is 10.1. The molecule has 0 atom stereocenters. The fourth-order valence-electron chi connectivity index (χ4n) is 3.01. The third-order valence-corrected chi connectivity index (χ3v) is 4.14. The third kappa shape index (κ3) is 3.59. The molecule has 6 nitrogen and oxygen atoms in total. The van der Waals surface area contributed by atoms with Crippen LogP contribution in [0.5, 0.6) is 0 Å². The topological polar surface area (TPSA) is 84.2 Å². The molecule has 3 rings (SSSR count). The third-order valence-electron chi connectivity index (χ3n) is 4.14. The second-order valence-electron chi connectivity index (χ2n) is 5.82. The molecular formula is C17H19N3O3. The maximum absolute atomic E-state index is 12.4. The van der Waals surface area contributed by atoms with Crippen LogP contribution in [0.4, 0.5) is 5.69 Å². The molecule has 1 fully saturated rings. The van der Waals surface area contributed by atoms with Gasteiger partial charge in [0.05, 0.1) is 12.5 Å². The maximum Gasteiger partial charge on any atom is 0.307 e. The van der Waals surface area contributed by atoms with Gasteiger partial charge in [-0.05, 0) is 36.6 Å². The summed E-state index contributed by atoms with van der Waals surface area (Å²) in [5, 5.41) is 15.9. The highest BCUT2D eigenvalue weighted by Crippen LogP contribution is 2.29. The van der Waals surface area contributed by atoms with Crippen LogP contribution >= 0.6 is 0 Å². The Morgan fingerprint density at radius 1 is 1.17 bits per heavy atom. The van der Waals surface area contributed by atoms with Crippen molar-refractivity contribution in [3.05, 3.63) is 47.8 Å². The van der Waals surface area contributed by atoms with Crippen LogP contribution in [0.25, 0.3) is 0 Å². The highest BCUT2D eigenvalue weighted by atomic mass is 16.4. The van der Waals surface area contributed by atoms with Crippen molar-refractivity contribution < 1.29 is 14.7 Å². The average Bonchev–Trinajstić information content (AvgIpc) is 3.19. The molecule has 120 valence electrons. The summed E-state index contributed by atoms with van der Waals surface area (Å²) in [6.07, 6.45) is 6.11. The maximum atomic E-state index is 12.4. The fraction of sp³-hybridized carbons (Fsp3) is 0.353. The summed E-state index contributed by atoms with van der Waals surface area (Å²) in [6, 6.07) is 8.88. The van der Waals surface area contributed by atoms with E-state index in [1.165, 1.54) is 12.8 Å². The molecule has 0 aliphatic heterocycles. The first-order chi connectivity index (χ1) is 11.1. The van der Waals surface area contributed by atoms with Crippen LogP contribution in [0.15, 0.2) is 36.5 Å². The Morgan fingerprint density at radius 2 is 1.87 bits per heavy atom. The van der Waals surface area contributed by atoms with Gasteiger partial charge in [0.1, 0.15) is 5.69 Å². The first-order valence-corrected chi connectivity index (χ1v) is 7.79. The number of nitrogens with zero attached hydrogens (tertiary/aromatic N) is 2. The van der Waals surface area contributed by atoms with Crippen LogP contribution in [0.1, 0.15) is 47.8 Å². The molecule has 0 spiro atoms. The van der Waals surface area contributed by atoms with Gasteiger partial charge in [-0.3, -0.25) is 14.3 Å². The van der Waals surface area contributed by atoms with E-state index in [1.54, 1.807) is 36.5 Å². The van der Waals surface area contributed by atoms with Gasteiger partial charge >= 0.3 is 5.97 Å². The number of rotatable bonds is 5. The van der Waals surface area contributed by atoms with E-state index in [4.69, 9.17) is 5.11 Å². The van der Waals surface area contributed by atoms with Crippen molar-refractivity contribution in [1.29, 1.82) is 0 Å². The summed E-state index contributed by atoms with van der Waals surface area (Å²) in [5.41, 5.74) is 1.90. The van der Waals surface area contributed by atoms with Gasteiger partial charge in [-0.25, -0.2) is 0 Å². The zero-order valence-electron chi connectivity index (χ0n) is 12.7. The predicted octanol–water partition coefficient (Wildman–Crippen LogP) is 2.88. The standard InChI is InChI=1S/C17H19N3O3/c21-16(22)11-12-5-7-13(8-6-12)19-17(23)15-9-10-18-20(15)14-3-1-2-4-14/h5-10,14H,1-4,11H2,(H,19,23)(H,21,22). The van der Waals surface area contributed by atoms with E-state index in [0.29, 0.717) is 23.0 Å². The van der Waals surface area contributed by atoms with Crippen LogP contribution in [-0.2, 0) is 11.2 Å². The van der Waals surface area contributed by atoms with Crippen LogP contribution in [0.2, 0.25) is 0 Å². The minimum Gasteiger partial charge on any atom is -0.481 e. The molecule has 0 unspecified atom stereocenters. The zero-order valence-corrected chi connectivity index (χ0v) is 12.7. The van der Waals surface area contributed by atoms with Crippen molar-refractivity contribution in [2.45, 2.75) is 38.1 Å². The number of aromatic nitrogens is 2. The molecule has 2 N–H and O–H groups in total. The number of anilines is 1. The number of benzene rings is 1. The van der Waals surface area contributed by atoms with Gasteiger partial charge in [0.2, 0.25) is 0 Å². The molecule has 6 heteroatoms. The van der Waals surface area contributed by atoms with Crippen LogP contribution < -0.4 is 5.32 Å². The average molecular weight is 313 g/mol. The van der Waals surface area contributed by atoms with Gasteiger partial charge in [0.25, 0.3) is 5.91 Å². The number of hydrogen-bond donors (Lipinski definition) is 2. The molecule has 1 heterocycles. The molecule has 1 aromatic carbocycles. The van der Waals surface area contributed by atoms with E-state index in [0.717, 1.165) is 12.8 Å². The highest BCUT2D eigenvalue weighted by molar-refractivity contribution is 6.03. The lowest BCUT2D eigenvalue weighted by molar-refractivity contribution is -0.136. The lowest BCUT2D eigenvalue weighted by Gasteiger charge is -2.14. The summed E-state index contributed by atoms with van der Waals surface area (Å²) >= 11 is 0. The second-order valence-corrected chi connectivity index (χ2v) is 5.82. The van der Waals surface area contributed by atoms with Gasteiger partial charge in [-0.2, -0.15) is 5.10 Å². The van der Waals surface area contributed by atoms with Gasteiger partial charge < -0.3 is 10.4 Å². The van der Waals surface area contributed by atoms with E-state index < -0.39 is 5.97 Å². The van der Waals surface area contributed by atoms with Gasteiger partial charge in [-0.1, -0.05) is 25.0 Å². The van der Waals surface area contributed by atoms with Gasteiger partial charge in [0.15, 0.2) is 0 Å². The molecule has 1 aliphatic rings. The Balaban J connectivity index is 1.69.